The highest BCUT2D eigenvalue weighted by molar-refractivity contribution is 5.89. The van der Waals surface area contributed by atoms with Gasteiger partial charge in [-0.1, -0.05) is 36.4 Å². The Hall–Kier alpha value is -2.55. The van der Waals surface area contributed by atoms with Gasteiger partial charge < -0.3 is 9.47 Å². The lowest BCUT2D eigenvalue weighted by molar-refractivity contribution is 0.0526. The van der Waals surface area contributed by atoms with Crippen molar-refractivity contribution in [2.24, 2.45) is 0 Å². The average Bonchev–Trinajstić information content (AvgIpc) is 2.53. The molecule has 0 spiro atoms. The SMILES string of the molecule is CCOC(=O)c1ccc(OC/C=C/c2ccccc2)cc1. The van der Waals surface area contributed by atoms with E-state index in [2.05, 4.69) is 0 Å². The number of ether oxygens (including phenoxy) is 2. The summed E-state index contributed by atoms with van der Waals surface area (Å²) in [5.74, 6) is 0.411. The van der Waals surface area contributed by atoms with E-state index in [0.29, 0.717) is 18.8 Å². The van der Waals surface area contributed by atoms with Crippen LogP contribution in [0.25, 0.3) is 6.08 Å². The van der Waals surface area contributed by atoms with Crippen molar-refractivity contribution >= 4 is 12.0 Å². The minimum atomic E-state index is -0.312. The Morgan fingerprint density at radius 3 is 2.43 bits per heavy atom. The van der Waals surface area contributed by atoms with Crippen LogP contribution in [0, 0.1) is 0 Å². The normalized spacial score (nSPS) is 10.5. The summed E-state index contributed by atoms with van der Waals surface area (Å²) in [7, 11) is 0. The van der Waals surface area contributed by atoms with Crippen molar-refractivity contribution in [3.63, 3.8) is 0 Å². The van der Waals surface area contributed by atoms with E-state index in [4.69, 9.17) is 9.47 Å². The molecule has 0 heterocycles. The number of benzene rings is 2. The van der Waals surface area contributed by atoms with Crippen LogP contribution < -0.4 is 4.74 Å². The third-order valence-electron chi connectivity index (χ3n) is 2.82. The highest BCUT2D eigenvalue weighted by atomic mass is 16.5. The molecule has 0 N–H and O–H groups in total. The van der Waals surface area contributed by atoms with Gasteiger partial charge in [0.05, 0.1) is 12.2 Å². The topological polar surface area (TPSA) is 35.5 Å². The first-order valence-corrected chi connectivity index (χ1v) is 6.91. The van der Waals surface area contributed by atoms with Crippen LogP contribution in [0.5, 0.6) is 5.75 Å². The fourth-order valence-electron chi connectivity index (χ4n) is 1.79. The van der Waals surface area contributed by atoms with Gasteiger partial charge in [0.1, 0.15) is 12.4 Å². The Labute approximate surface area is 124 Å². The average molecular weight is 282 g/mol. The van der Waals surface area contributed by atoms with Gasteiger partial charge in [0.15, 0.2) is 0 Å². The van der Waals surface area contributed by atoms with E-state index in [9.17, 15) is 4.79 Å². The number of carbonyl (C=O) groups is 1. The molecule has 0 aromatic heterocycles. The van der Waals surface area contributed by atoms with Crippen molar-refractivity contribution in [3.05, 3.63) is 71.8 Å². The van der Waals surface area contributed by atoms with Gasteiger partial charge >= 0.3 is 5.97 Å². The van der Waals surface area contributed by atoms with Crippen molar-refractivity contribution in [2.45, 2.75) is 6.92 Å². The predicted molar refractivity (Wildman–Crippen MR) is 83.4 cm³/mol. The van der Waals surface area contributed by atoms with E-state index in [-0.39, 0.29) is 5.97 Å². The van der Waals surface area contributed by atoms with Gasteiger partial charge in [-0.15, -0.1) is 0 Å². The van der Waals surface area contributed by atoms with E-state index in [0.717, 1.165) is 11.3 Å². The lowest BCUT2D eigenvalue weighted by Crippen LogP contribution is -2.04. The van der Waals surface area contributed by atoms with E-state index in [1.807, 2.05) is 42.5 Å². The number of hydrogen-bond acceptors (Lipinski definition) is 3. The van der Waals surface area contributed by atoms with Crippen LogP contribution in [0.15, 0.2) is 60.7 Å². The second kappa shape index (κ2) is 7.90. The zero-order valence-corrected chi connectivity index (χ0v) is 12.0. The maximum absolute atomic E-state index is 11.5. The van der Waals surface area contributed by atoms with E-state index < -0.39 is 0 Å². The van der Waals surface area contributed by atoms with Crippen molar-refractivity contribution in [3.8, 4) is 5.75 Å². The van der Waals surface area contributed by atoms with Gasteiger partial charge in [0.25, 0.3) is 0 Å². The minimum absolute atomic E-state index is 0.312. The smallest absolute Gasteiger partial charge is 0.338 e. The Morgan fingerprint density at radius 1 is 1.05 bits per heavy atom. The molecule has 0 saturated carbocycles. The molecule has 0 amide bonds. The molecule has 2 aromatic rings. The molecule has 0 aliphatic carbocycles. The second-order valence-electron chi connectivity index (χ2n) is 4.37. The van der Waals surface area contributed by atoms with Crippen LogP contribution in [0.1, 0.15) is 22.8 Å². The van der Waals surface area contributed by atoms with Crippen LogP contribution in [-0.2, 0) is 4.74 Å². The summed E-state index contributed by atoms with van der Waals surface area (Å²) in [6.07, 6.45) is 3.96. The Balaban J connectivity index is 1.84. The second-order valence-corrected chi connectivity index (χ2v) is 4.37. The molecule has 2 aromatic carbocycles. The maximum Gasteiger partial charge on any atom is 0.338 e. The first kappa shape index (κ1) is 14.9. The van der Waals surface area contributed by atoms with Crippen LogP contribution in [0.2, 0.25) is 0 Å². The van der Waals surface area contributed by atoms with Gasteiger partial charge in [-0.3, -0.25) is 0 Å². The van der Waals surface area contributed by atoms with Gasteiger partial charge in [0, 0.05) is 0 Å². The third kappa shape index (κ3) is 4.80. The van der Waals surface area contributed by atoms with E-state index >= 15 is 0 Å². The molecular formula is C18H18O3. The Bertz CT molecular complexity index is 586. The summed E-state index contributed by atoms with van der Waals surface area (Å²) in [4.78, 5) is 11.5. The molecule has 21 heavy (non-hydrogen) atoms. The molecule has 0 aliphatic rings. The van der Waals surface area contributed by atoms with E-state index in [1.165, 1.54) is 0 Å². The van der Waals surface area contributed by atoms with Crippen LogP contribution >= 0.6 is 0 Å². The molecule has 108 valence electrons. The Morgan fingerprint density at radius 2 is 1.76 bits per heavy atom. The molecule has 0 fully saturated rings. The summed E-state index contributed by atoms with van der Waals surface area (Å²) < 4.78 is 10.5. The fourth-order valence-corrected chi connectivity index (χ4v) is 1.79. The number of esters is 1. The summed E-state index contributed by atoms with van der Waals surface area (Å²) >= 11 is 0. The fraction of sp³-hybridized carbons (Fsp3) is 0.167. The standard InChI is InChI=1S/C18H18O3/c1-2-20-18(19)16-10-12-17(13-11-16)21-14-6-9-15-7-4-3-5-8-15/h3-13H,2,14H2,1H3/b9-6+. The molecule has 0 saturated heterocycles. The molecule has 0 aliphatic heterocycles. The van der Waals surface area contributed by atoms with Gasteiger partial charge in [-0.2, -0.15) is 0 Å². The molecule has 0 unspecified atom stereocenters. The predicted octanol–water partition coefficient (Wildman–Crippen LogP) is 3.96. The molecule has 0 radical (unpaired) electrons. The summed E-state index contributed by atoms with van der Waals surface area (Å²) in [5.41, 5.74) is 1.67. The van der Waals surface area contributed by atoms with Crippen LogP contribution in [0.3, 0.4) is 0 Å². The zero-order valence-electron chi connectivity index (χ0n) is 12.0. The lowest BCUT2D eigenvalue weighted by Gasteiger charge is -2.05. The highest BCUT2D eigenvalue weighted by Crippen LogP contribution is 2.13. The monoisotopic (exact) mass is 282 g/mol. The minimum Gasteiger partial charge on any atom is -0.490 e. The molecular weight excluding hydrogens is 264 g/mol. The summed E-state index contributed by atoms with van der Waals surface area (Å²) in [6, 6.07) is 17.0. The lowest BCUT2D eigenvalue weighted by atomic mass is 10.2. The quantitative estimate of drug-likeness (QED) is 0.752. The first-order chi connectivity index (χ1) is 10.3. The van der Waals surface area contributed by atoms with Crippen molar-refractivity contribution < 1.29 is 14.3 Å². The van der Waals surface area contributed by atoms with Crippen LogP contribution in [-0.4, -0.2) is 19.2 Å². The molecule has 0 atom stereocenters. The van der Waals surface area contributed by atoms with Crippen molar-refractivity contribution in [1.82, 2.24) is 0 Å². The third-order valence-corrected chi connectivity index (χ3v) is 2.82. The van der Waals surface area contributed by atoms with Crippen LogP contribution in [0.4, 0.5) is 0 Å². The number of carbonyl (C=O) groups excluding carboxylic acids is 1. The molecule has 3 nitrogen and oxygen atoms in total. The molecule has 2 rings (SSSR count). The first-order valence-electron chi connectivity index (χ1n) is 6.91. The molecule has 0 bridgehead atoms. The number of hydrogen-bond donors (Lipinski definition) is 0. The number of rotatable bonds is 6. The Kier molecular flexibility index (Phi) is 5.59. The van der Waals surface area contributed by atoms with Gasteiger partial charge in [-0.25, -0.2) is 4.79 Å². The maximum atomic E-state index is 11.5. The van der Waals surface area contributed by atoms with E-state index in [1.54, 1.807) is 31.2 Å². The largest absolute Gasteiger partial charge is 0.490 e. The summed E-state index contributed by atoms with van der Waals surface area (Å²) in [6.45, 7) is 2.64. The van der Waals surface area contributed by atoms with Gasteiger partial charge in [-0.05, 0) is 42.8 Å². The summed E-state index contributed by atoms with van der Waals surface area (Å²) in [5, 5.41) is 0. The highest BCUT2D eigenvalue weighted by Gasteiger charge is 2.05. The van der Waals surface area contributed by atoms with Crippen molar-refractivity contribution in [2.75, 3.05) is 13.2 Å². The van der Waals surface area contributed by atoms with Crippen molar-refractivity contribution in [1.29, 1.82) is 0 Å². The zero-order chi connectivity index (χ0) is 14.9. The van der Waals surface area contributed by atoms with Gasteiger partial charge in [0.2, 0.25) is 0 Å². The molecule has 3 heteroatoms.